The molecule has 2 heterocycles. The van der Waals surface area contributed by atoms with Crippen molar-refractivity contribution in [3.8, 4) is 22.3 Å². The van der Waals surface area contributed by atoms with E-state index >= 15 is 0 Å². The molecular formula is C56H40N4. The lowest BCUT2D eigenvalue weighted by molar-refractivity contribution is 1.28. The van der Waals surface area contributed by atoms with E-state index in [9.17, 15) is 0 Å². The van der Waals surface area contributed by atoms with Crippen LogP contribution in [0.5, 0.6) is 0 Å². The highest BCUT2D eigenvalue weighted by molar-refractivity contribution is 5.89. The van der Waals surface area contributed by atoms with Gasteiger partial charge in [0.25, 0.3) is 0 Å². The van der Waals surface area contributed by atoms with Crippen molar-refractivity contribution in [3.63, 3.8) is 0 Å². The molecule has 10 rings (SSSR count). The summed E-state index contributed by atoms with van der Waals surface area (Å²) in [6.45, 7) is 0. The fourth-order valence-corrected chi connectivity index (χ4v) is 7.81. The molecule has 0 spiro atoms. The number of fused-ring (bicyclic) bond motifs is 2. The van der Waals surface area contributed by atoms with E-state index in [0.717, 1.165) is 67.1 Å². The molecule has 0 atom stereocenters. The van der Waals surface area contributed by atoms with Gasteiger partial charge in [-0.2, -0.15) is 0 Å². The van der Waals surface area contributed by atoms with Crippen LogP contribution in [-0.4, -0.2) is 9.97 Å². The van der Waals surface area contributed by atoms with E-state index in [4.69, 9.17) is 0 Å². The van der Waals surface area contributed by atoms with Gasteiger partial charge in [0.2, 0.25) is 0 Å². The van der Waals surface area contributed by atoms with Gasteiger partial charge in [-0.3, -0.25) is 9.97 Å². The maximum absolute atomic E-state index is 4.61. The fraction of sp³-hybridized carbons (Fsp3) is 0. The Balaban J connectivity index is 0.827. The highest BCUT2D eigenvalue weighted by Gasteiger charge is 2.15. The molecule has 10 aromatic rings. The van der Waals surface area contributed by atoms with E-state index < -0.39 is 0 Å². The van der Waals surface area contributed by atoms with Crippen LogP contribution in [0.25, 0.3) is 56.2 Å². The van der Waals surface area contributed by atoms with Gasteiger partial charge < -0.3 is 9.80 Å². The normalized spacial score (nSPS) is 11.3. The van der Waals surface area contributed by atoms with Gasteiger partial charge >= 0.3 is 0 Å². The third-order valence-corrected chi connectivity index (χ3v) is 10.9. The summed E-state index contributed by atoms with van der Waals surface area (Å²) in [5, 5.41) is 2.25. The van der Waals surface area contributed by atoms with Crippen molar-refractivity contribution in [2.75, 3.05) is 9.80 Å². The standard InChI is InChI=1S/C56H40N4/c1-3-11-49(12-4-1)59(53-35-29-47-9-7-37-57-55(47)39-53)51-31-25-45(26-32-51)43-21-17-41(18-22-43)15-16-42-19-23-44(24-20-42)46-27-33-52(34-28-46)60(50-13-5-2-6-14-50)54-36-30-48-10-8-38-58-56(48)40-54/h1-40H/b16-15+. The summed E-state index contributed by atoms with van der Waals surface area (Å²) in [5.74, 6) is 0. The number of hydrogen-bond donors (Lipinski definition) is 0. The van der Waals surface area contributed by atoms with E-state index in [2.05, 4.69) is 238 Å². The molecule has 4 heteroatoms. The van der Waals surface area contributed by atoms with Crippen molar-refractivity contribution in [1.29, 1.82) is 0 Å². The van der Waals surface area contributed by atoms with Crippen LogP contribution in [0.15, 0.2) is 231 Å². The number of para-hydroxylation sites is 2. The Labute approximate surface area is 350 Å². The molecule has 8 aromatic carbocycles. The predicted octanol–water partition coefficient (Wildman–Crippen LogP) is 15.2. The summed E-state index contributed by atoms with van der Waals surface area (Å²) in [7, 11) is 0. The average Bonchev–Trinajstić information content (AvgIpc) is 3.32. The van der Waals surface area contributed by atoms with Crippen LogP contribution in [0.1, 0.15) is 11.1 Å². The van der Waals surface area contributed by atoms with Crippen molar-refractivity contribution in [2.45, 2.75) is 0 Å². The molecule has 0 unspecified atom stereocenters. The number of rotatable bonds is 10. The summed E-state index contributed by atoms with van der Waals surface area (Å²) < 4.78 is 0. The SMILES string of the molecule is C(=C\c1ccc(-c2ccc(N(c3ccccc3)c3ccc4cccnc4c3)cc2)cc1)/c1ccc(-c2ccc(N(c3ccccc3)c3ccc4cccnc4c3)cc2)cc1. The Bertz CT molecular complexity index is 2840. The maximum atomic E-state index is 4.61. The van der Waals surface area contributed by atoms with Gasteiger partial charge in [0.1, 0.15) is 0 Å². The number of hydrogen-bond acceptors (Lipinski definition) is 4. The second-order valence-corrected chi connectivity index (χ2v) is 14.8. The van der Waals surface area contributed by atoms with Gasteiger partial charge in [-0.05, 0) is 118 Å². The van der Waals surface area contributed by atoms with Crippen LogP contribution in [0.2, 0.25) is 0 Å². The van der Waals surface area contributed by atoms with E-state index in [1.54, 1.807) is 0 Å². The van der Waals surface area contributed by atoms with Crippen molar-refractivity contribution in [3.05, 3.63) is 242 Å². The molecule has 0 radical (unpaired) electrons. The predicted molar refractivity (Wildman–Crippen MR) is 253 cm³/mol. The minimum absolute atomic E-state index is 0.975. The summed E-state index contributed by atoms with van der Waals surface area (Å²) in [4.78, 5) is 13.8. The number of benzene rings is 8. The highest BCUT2D eigenvalue weighted by Crippen LogP contribution is 2.38. The van der Waals surface area contributed by atoms with Gasteiger partial charge in [0.05, 0.1) is 11.0 Å². The van der Waals surface area contributed by atoms with Crippen LogP contribution in [0.4, 0.5) is 34.1 Å². The van der Waals surface area contributed by atoms with E-state index in [1.165, 1.54) is 22.3 Å². The molecule has 0 aliphatic carbocycles. The largest absolute Gasteiger partial charge is 0.310 e. The van der Waals surface area contributed by atoms with Gasteiger partial charge in [-0.15, -0.1) is 0 Å². The van der Waals surface area contributed by atoms with Crippen molar-refractivity contribution >= 4 is 68.1 Å². The number of aromatic nitrogens is 2. The Morgan fingerprint density at radius 3 is 1.00 bits per heavy atom. The first-order chi connectivity index (χ1) is 29.7. The Morgan fingerprint density at radius 1 is 0.283 bits per heavy atom. The zero-order valence-electron chi connectivity index (χ0n) is 32.9. The van der Waals surface area contributed by atoms with Crippen LogP contribution < -0.4 is 9.80 Å². The third kappa shape index (κ3) is 7.66. The number of nitrogens with zero attached hydrogens (tertiary/aromatic N) is 4. The molecule has 0 amide bonds. The lowest BCUT2D eigenvalue weighted by atomic mass is 10.0. The Kier molecular flexibility index (Phi) is 9.92. The van der Waals surface area contributed by atoms with E-state index in [1.807, 2.05) is 24.5 Å². The molecule has 0 saturated heterocycles. The minimum atomic E-state index is 0.975. The van der Waals surface area contributed by atoms with Gasteiger partial charge in [-0.25, -0.2) is 0 Å². The minimum Gasteiger partial charge on any atom is -0.310 e. The molecule has 284 valence electrons. The van der Waals surface area contributed by atoms with E-state index in [-0.39, 0.29) is 0 Å². The first-order valence-corrected chi connectivity index (χ1v) is 20.2. The second-order valence-electron chi connectivity index (χ2n) is 14.8. The summed E-state index contributed by atoms with van der Waals surface area (Å²) in [5.41, 5.74) is 15.5. The smallest absolute Gasteiger partial charge is 0.0722 e. The van der Waals surface area contributed by atoms with Crippen LogP contribution >= 0.6 is 0 Å². The maximum Gasteiger partial charge on any atom is 0.0722 e. The summed E-state index contributed by atoms with van der Waals surface area (Å²) >= 11 is 0. The van der Waals surface area contributed by atoms with Crippen molar-refractivity contribution in [2.24, 2.45) is 0 Å². The number of anilines is 6. The molecule has 0 aliphatic heterocycles. The molecule has 0 saturated carbocycles. The first-order valence-electron chi connectivity index (χ1n) is 20.2. The molecule has 0 aliphatic rings. The van der Waals surface area contributed by atoms with Crippen molar-refractivity contribution in [1.82, 2.24) is 9.97 Å². The van der Waals surface area contributed by atoms with E-state index in [0.29, 0.717) is 0 Å². The molecular weight excluding hydrogens is 729 g/mol. The molecule has 2 aromatic heterocycles. The number of pyridine rings is 2. The molecule has 0 bridgehead atoms. The zero-order valence-corrected chi connectivity index (χ0v) is 32.9. The molecule has 4 nitrogen and oxygen atoms in total. The third-order valence-electron chi connectivity index (χ3n) is 10.9. The molecule has 60 heavy (non-hydrogen) atoms. The van der Waals surface area contributed by atoms with Gasteiger partial charge in [0, 0.05) is 57.3 Å². The quantitative estimate of drug-likeness (QED) is 0.130. The lowest BCUT2D eigenvalue weighted by Gasteiger charge is -2.26. The lowest BCUT2D eigenvalue weighted by Crippen LogP contribution is -2.09. The van der Waals surface area contributed by atoms with Crippen LogP contribution in [-0.2, 0) is 0 Å². The Hall–Kier alpha value is -8.08. The molecule has 0 fully saturated rings. The Morgan fingerprint density at radius 2 is 0.617 bits per heavy atom. The van der Waals surface area contributed by atoms with Gasteiger partial charge in [0.15, 0.2) is 0 Å². The average molecular weight is 769 g/mol. The molecule has 0 N–H and O–H groups in total. The monoisotopic (exact) mass is 768 g/mol. The second kappa shape index (κ2) is 16.4. The zero-order chi connectivity index (χ0) is 40.1. The fourth-order valence-electron chi connectivity index (χ4n) is 7.81. The van der Waals surface area contributed by atoms with Crippen LogP contribution in [0.3, 0.4) is 0 Å². The topological polar surface area (TPSA) is 32.3 Å². The highest BCUT2D eigenvalue weighted by atomic mass is 15.1. The summed E-state index contributed by atoms with van der Waals surface area (Å²) in [6, 6.07) is 77.1. The van der Waals surface area contributed by atoms with Crippen LogP contribution in [0, 0.1) is 0 Å². The summed E-state index contributed by atoms with van der Waals surface area (Å²) in [6.07, 6.45) is 8.04. The van der Waals surface area contributed by atoms with Crippen molar-refractivity contribution < 1.29 is 0 Å². The first kappa shape index (κ1) is 36.3. The van der Waals surface area contributed by atoms with Gasteiger partial charge in [-0.1, -0.05) is 146 Å².